The Hall–Kier alpha value is -1.73. The number of H-pyrrole nitrogens is 2. The van der Waals surface area contributed by atoms with E-state index in [0.717, 1.165) is 0 Å². The molecule has 106 valence electrons. The lowest BCUT2D eigenvalue weighted by atomic mass is 10.0. The Morgan fingerprint density at radius 1 is 1.05 bits per heavy atom. The normalized spacial score (nSPS) is 11.0. The first kappa shape index (κ1) is 14.2. The van der Waals surface area contributed by atoms with Gasteiger partial charge in [-0.05, 0) is 56.1 Å². The summed E-state index contributed by atoms with van der Waals surface area (Å²) in [7, 11) is 0. The zero-order valence-electron chi connectivity index (χ0n) is 10.3. The van der Waals surface area contributed by atoms with Gasteiger partial charge in [0.05, 0.1) is 15.5 Å². The average molecular weight is 414 g/mol. The van der Waals surface area contributed by atoms with E-state index in [2.05, 4.69) is 41.8 Å². The number of fused-ring (bicyclic) bond motifs is 1. The van der Waals surface area contributed by atoms with Crippen LogP contribution in [0.1, 0.15) is 15.9 Å². The lowest BCUT2D eigenvalue weighted by molar-refractivity contribution is 0.103. The molecule has 3 rings (SSSR count). The molecule has 0 spiro atoms. The molecule has 1 heterocycles. The number of hydrogen-bond donors (Lipinski definition) is 2. The fraction of sp³-hybridized carbons (Fsp3) is 0. The molecule has 0 aliphatic rings. The summed E-state index contributed by atoms with van der Waals surface area (Å²) in [4.78, 5) is 29.0. The fourth-order valence-corrected chi connectivity index (χ4v) is 3.02. The van der Waals surface area contributed by atoms with Crippen molar-refractivity contribution in [2.75, 3.05) is 0 Å². The fourth-order valence-electron chi connectivity index (χ4n) is 2.05. The van der Waals surface area contributed by atoms with Gasteiger partial charge >= 0.3 is 5.69 Å². The van der Waals surface area contributed by atoms with E-state index >= 15 is 0 Å². The molecule has 0 amide bonds. The van der Waals surface area contributed by atoms with E-state index in [9.17, 15) is 14.0 Å². The van der Waals surface area contributed by atoms with Crippen LogP contribution < -0.4 is 5.69 Å². The minimum Gasteiger partial charge on any atom is -0.306 e. The molecule has 2 N–H and O–H groups in total. The third-order valence-corrected chi connectivity index (χ3v) is 4.51. The van der Waals surface area contributed by atoms with Gasteiger partial charge in [0.25, 0.3) is 0 Å². The molecule has 0 saturated heterocycles. The van der Waals surface area contributed by atoms with Crippen molar-refractivity contribution in [3.63, 3.8) is 0 Å². The molecule has 0 atom stereocenters. The number of carbonyl (C=O) groups excluding carboxylic acids is 1. The van der Waals surface area contributed by atoms with Crippen molar-refractivity contribution in [3.8, 4) is 0 Å². The smallest absolute Gasteiger partial charge is 0.306 e. The third-order valence-electron chi connectivity index (χ3n) is 3.04. The van der Waals surface area contributed by atoms with Crippen LogP contribution >= 0.6 is 31.9 Å². The Morgan fingerprint density at radius 3 is 2.43 bits per heavy atom. The number of rotatable bonds is 2. The Balaban J connectivity index is 2.19. The molecule has 2 aromatic carbocycles. The van der Waals surface area contributed by atoms with Gasteiger partial charge in [-0.25, -0.2) is 9.18 Å². The zero-order valence-corrected chi connectivity index (χ0v) is 13.5. The first-order valence-corrected chi connectivity index (χ1v) is 7.46. The van der Waals surface area contributed by atoms with Crippen molar-refractivity contribution in [1.82, 2.24) is 9.97 Å². The highest BCUT2D eigenvalue weighted by molar-refractivity contribution is 9.11. The van der Waals surface area contributed by atoms with Crippen molar-refractivity contribution < 1.29 is 9.18 Å². The highest BCUT2D eigenvalue weighted by atomic mass is 79.9. The summed E-state index contributed by atoms with van der Waals surface area (Å²) >= 11 is 6.38. The average Bonchev–Trinajstić information content (AvgIpc) is 2.79. The van der Waals surface area contributed by atoms with Gasteiger partial charge in [-0.3, -0.25) is 4.79 Å². The molecular formula is C14H7Br2FN2O2. The van der Waals surface area contributed by atoms with E-state index < -0.39 is 5.82 Å². The topological polar surface area (TPSA) is 65.7 Å². The maximum absolute atomic E-state index is 13.5. The number of benzene rings is 2. The van der Waals surface area contributed by atoms with Gasteiger partial charge in [0, 0.05) is 15.6 Å². The molecule has 21 heavy (non-hydrogen) atoms. The molecule has 0 unspecified atom stereocenters. The summed E-state index contributed by atoms with van der Waals surface area (Å²) in [6, 6.07) is 7.46. The van der Waals surface area contributed by atoms with E-state index in [0.29, 0.717) is 21.1 Å². The standard InChI is InChI=1S/C14H7Br2FN2O2/c15-8-5-11-10(18-14(21)19-11)4-7(8)13(20)6-2-1-3-9(17)12(6)16/h1-5H,(H2,18,19,21). The van der Waals surface area contributed by atoms with Gasteiger partial charge in [-0.1, -0.05) is 6.07 Å². The second-order valence-electron chi connectivity index (χ2n) is 4.39. The number of hydrogen-bond acceptors (Lipinski definition) is 2. The van der Waals surface area contributed by atoms with Gasteiger partial charge in [0.2, 0.25) is 0 Å². The molecular weight excluding hydrogens is 407 g/mol. The first-order chi connectivity index (χ1) is 9.97. The van der Waals surface area contributed by atoms with E-state index in [-0.39, 0.29) is 21.5 Å². The maximum Gasteiger partial charge on any atom is 0.323 e. The predicted molar refractivity (Wildman–Crippen MR) is 84.2 cm³/mol. The van der Waals surface area contributed by atoms with E-state index in [4.69, 9.17) is 0 Å². The van der Waals surface area contributed by atoms with Crippen molar-refractivity contribution in [2.45, 2.75) is 0 Å². The molecule has 4 nitrogen and oxygen atoms in total. The summed E-state index contributed by atoms with van der Waals surface area (Å²) in [6.45, 7) is 0. The number of halogens is 3. The van der Waals surface area contributed by atoms with Gasteiger partial charge < -0.3 is 9.97 Å². The lowest BCUT2D eigenvalue weighted by Crippen LogP contribution is -2.04. The van der Waals surface area contributed by atoms with Crippen molar-refractivity contribution in [2.24, 2.45) is 0 Å². The minimum atomic E-state index is -0.506. The Kier molecular flexibility index (Phi) is 3.54. The largest absolute Gasteiger partial charge is 0.323 e. The summed E-state index contributed by atoms with van der Waals surface area (Å²) in [5.74, 6) is -0.856. The predicted octanol–water partition coefficient (Wildman–Crippen LogP) is 3.75. The van der Waals surface area contributed by atoms with Gasteiger partial charge in [-0.2, -0.15) is 0 Å². The van der Waals surface area contributed by atoms with Crippen molar-refractivity contribution in [3.05, 3.63) is 66.7 Å². The molecule has 0 saturated carbocycles. The van der Waals surface area contributed by atoms with Crippen LogP contribution in [0.5, 0.6) is 0 Å². The second kappa shape index (κ2) is 5.23. The Bertz CT molecular complexity index is 930. The number of nitrogens with one attached hydrogen (secondary N) is 2. The molecule has 0 fully saturated rings. The highest BCUT2D eigenvalue weighted by Gasteiger charge is 2.18. The van der Waals surface area contributed by atoms with E-state index in [1.165, 1.54) is 18.2 Å². The number of aromatic amines is 2. The van der Waals surface area contributed by atoms with Gasteiger partial charge in [0.15, 0.2) is 5.78 Å². The van der Waals surface area contributed by atoms with Crippen LogP contribution in [-0.4, -0.2) is 15.8 Å². The van der Waals surface area contributed by atoms with Crippen LogP contribution in [0.4, 0.5) is 4.39 Å². The number of imidazole rings is 1. The van der Waals surface area contributed by atoms with E-state index in [1.54, 1.807) is 12.1 Å². The van der Waals surface area contributed by atoms with Crippen LogP contribution in [0, 0.1) is 5.82 Å². The molecule has 0 bridgehead atoms. The monoisotopic (exact) mass is 412 g/mol. The number of ketones is 1. The van der Waals surface area contributed by atoms with Gasteiger partial charge in [0.1, 0.15) is 5.82 Å². The summed E-state index contributed by atoms with van der Waals surface area (Å²) in [5, 5.41) is 0. The maximum atomic E-state index is 13.5. The van der Waals surface area contributed by atoms with Crippen LogP contribution in [0.2, 0.25) is 0 Å². The molecule has 1 aromatic heterocycles. The molecule has 0 aliphatic heterocycles. The van der Waals surface area contributed by atoms with Crippen LogP contribution in [0.3, 0.4) is 0 Å². The summed E-state index contributed by atoms with van der Waals surface area (Å²) in [5.41, 5.74) is 1.30. The lowest BCUT2D eigenvalue weighted by Gasteiger charge is -2.07. The third kappa shape index (κ3) is 2.47. The molecule has 0 radical (unpaired) electrons. The van der Waals surface area contributed by atoms with Crippen molar-refractivity contribution in [1.29, 1.82) is 0 Å². The van der Waals surface area contributed by atoms with Gasteiger partial charge in [-0.15, -0.1) is 0 Å². The molecule has 3 aromatic rings. The van der Waals surface area contributed by atoms with Crippen molar-refractivity contribution >= 4 is 48.7 Å². The van der Waals surface area contributed by atoms with Crippen LogP contribution in [0.25, 0.3) is 11.0 Å². The van der Waals surface area contributed by atoms with Crippen LogP contribution in [0.15, 0.2) is 44.1 Å². The second-order valence-corrected chi connectivity index (χ2v) is 6.03. The number of carbonyl (C=O) groups is 1. The molecule has 0 aliphatic carbocycles. The highest BCUT2D eigenvalue weighted by Crippen LogP contribution is 2.28. The zero-order chi connectivity index (χ0) is 15.1. The summed E-state index contributed by atoms with van der Waals surface area (Å²) < 4.78 is 14.2. The molecule has 7 heteroatoms. The Labute approximate surface area is 134 Å². The van der Waals surface area contributed by atoms with Crippen LogP contribution in [-0.2, 0) is 0 Å². The first-order valence-electron chi connectivity index (χ1n) is 5.87. The number of aromatic nitrogens is 2. The van der Waals surface area contributed by atoms with E-state index in [1.807, 2.05) is 0 Å². The minimum absolute atomic E-state index is 0.115. The Morgan fingerprint density at radius 2 is 1.71 bits per heavy atom. The SMILES string of the molecule is O=C(c1cc2[nH]c(=O)[nH]c2cc1Br)c1cccc(F)c1Br. The quantitative estimate of drug-likeness (QED) is 0.628. The summed E-state index contributed by atoms with van der Waals surface area (Å²) in [6.07, 6.45) is 0.